The molecule has 4 heteroatoms. The Labute approximate surface area is 122 Å². The lowest BCUT2D eigenvalue weighted by Gasteiger charge is -2.37. The highest BCUT2D eigenvalue weighted by Gasteiger charge is 2.33. The monoisotopic (exact) mass is 283 g/mol. The molecule has 1 amide bonds. The zero-order valence-corrected chi connectivity index (χ0v) is 13.5. The molecule has 1 aliphatic carbocycles. The predicted molar refractivity (Wildman–Crippen MR) is 79.3 cm³/mol. The van der Waals surface area contributed by atoms with Gasteiger partial charge in [0.25, 0.3) is 0 Å². The maximum atomic E-state index is 12.3. The number of rotatable bonds is 4. The topological polar surface area (TPSA) is 57.6 Å². The maximum absolute atomic E-state index is 12.3. The van der Waals surface area contributed by atoms with Gasteiger partial charge in [0.2, 0.25) is 5.91 Å². The lowest BCUT2D eigenvalue weighted by atomic mass is 9.69. The third-order valence-electron chi connectivity index (χ3n) is 4.65. The van der Waals surface area contributed by atoms with E-state index < -0.39 is 11.9 Å². The van der Waals surface area contributed by atoms with Crippen LogP contribution >= 0.6 is 0 Å². The van der Waals surface area contributed by atoms with Crippen LogP contribution in [0, 0.1) is 23.2 Å². The van der Waals surface area contributed by atoms with Crippen LogP contribution < -0.4 is 0 Å². The molecule has 0 radical (unpaired) electrons. The van der Waals surface area contributed by atoms with Crippen molar-refractivity contribution in [1.82, 2.24) is 4.90 Å². The summed E-state index contributed by atoms with van der Waals surface area (Å²) >= 11 is 0. The fourth-order valence-electron chi connectivity index (χ4n) is 3.10. The van der Waals surface area contributed by atoms with E-state index in [-0.39, 0.29) is 11.8 Å². The molecule has 0 bridgehead atoms. The van der Waals surface area contributed by atoms with Gasteiger partial charge in [0, 0.05) is 19.5 Å². The van der Waals surface area contributed by atoms with Gasteiger partial charge in [0.05, 0.1) is 5.92 Å². The number of amides is 1. The summed E-state index contributed by atoms with van der Waals surface area (Å²) in [5, 5.41) is 8.91. The van der Waals surface area contributed by atoms with Crippen molar-refractivity contribution >= 4 is 11.9 Å². The van der Waals surface area contributed by atoms with E-state index in [4.69, 9.17) is 5.11 Å². The minimum Gasteiger partial charge on any atom is -0.481 e. The Morgan fingerprint density at radius 3 is 2.10 bits per heavy atom. The van der Waals surface area contributed by atoms with Crippen molar-refractivity contribution in [3.8, 4) is 0 Å². The summed E-state index contributed by atoms with van der Waals surface area (Å²) in [6.07, 6.45) is 4.07. The van der Waals surface area contributed by atoms with Gasteiger partial charge in [-0.25, -0.2) is 0 Å². The van der Waals surface area contributed by atoms with Crippen LogP contribution in [-0.2, 0) is 9.59 Å². The lowest BCUT2D eigenvalue weighted by Crippen LogP contribution is -2.39. The average molecular weight is 283 g/mol. The van der Waals surface area contributed by atoms with E-state index in [1.54, 1.807) is 18.9 Å². The number of carboxylic acid groups (broad SMARTS) is 1. The Morgan fingerprint density at radius 2 is 1.70 bits per heavy atom. The normalized spacial score (nSPS) is 25.1. The lowest BCUT2D eigenvalue weighted by molar-refractivity contribution is -0.143. The first-order valence-electron chi connectivity index (χ1n) is 7.60. The van der Waals surface area contributed by atoms with Crippen LogP contribution in [0.4, 0.5) is 0 Å². The second kappa shape index (κ2) is 6.59. The van der Waals surface area contributed by atoms with Crippen molar-refractivity contribution in [2.75, 3.05) is 13.6 Å². The van der Waals surface area contributed by atoms with Gasteiger partial charge in [-0.15, -0.1) is 0 Å². The summed E-state index contributed by atoms with van der Waals surface area (Å²) in [5.41, 5.74) is 0.317. The molecule has 1 aliphatic rings. The van der Waals surface area contributed by atoms with Crippen molar-refractivity contribution in [1.29, 1.82) is 0 Å². The van der Waals surface area contributed by atoms with E-state index in [9.17, 15) is 9.59 Å². The highest BCUT2D eigenvalue weighted by Crippen LogP contribution is 2.40. The summed E-state index contributed by atoms with van der Waals surface area (Å²) in [6, 6.07) is 0. The first-order chi connectivity index (χ1) is 9.12. The van der Waals surface area contributed by atoms with Gasteiger partial charge in [0.1, 0.15) is 0 Å². The van der Waals surface area contributed by atoms with Crippen LogP contribution in [0.25, 0.3) is 0 Å². The van der Waals surface area contributed by atoms with Crippen molar-refractivity contribution in [2.24, 2.45) is 23.2 Å². The maximum Gasteiger partial charge on any atom is 0.308 e. The highest BCUT2D eigenvalue weighted by molar-refractivity contribution is 5.79. The second-order valence-electron chi connectivity index (χ2n) is 7.37. The van der Waals surface area contributed by atoms with Crippen LogP contribution in [0.3, 0.4) is 0 Å². The van der Waals surface area contributed by atoms with Gasteiger partial charge >= 0.3 is 5.97 Å². The fourth-order valence-corrected chi connectivity index (χ4v) is 3.10. The molecule has 1 atom stereocenters. The van der Waals surface area contributed by atoms with Crippen molar-refractivity contribution in [3.05, 3.63) is 0 Å². The first kappa shape index (κ1) is 17.0. The second-order valence-corrected chi connectivity index (χ2v) is 7.37. The highest BCUT2D eigenvalue weighted by atomic mass is 16.4. The largest absolute Gasteiger partial charge is 0.481 e. The van der Waals surface area contributed by atoms with E-state index in [2.05, 4.69) is 20.8 Å². The number of carbonyl (C=O) groups is 2. The number of aliphatic carboxylic acids is 1. The average Bonchev–Trinajstić information content (AvgIpc) is 2.36. The third-order valence-corrected chi connectivity index (χ3v) is 4.65. The Morgan fingerprint density at radius 1 is 1.20 bits per heavy atom. The summed E-state index contributed by atoms with van der Waals surface area (Å²) in [6.45, 7) is 8.73. The van der Waals surface area contributed by atoms with E-state index >= 15 is 0 Å². The summed E-state index contributed by atoms with van der Waals surface area (Å²) in [5.74, 6) is -0.462. The Hall–Kier alpha value is -1.06. The molecule has 0 aromatic rings. The molecule has 0 saturated heterocycles. The van der Waals surface area contributed by atoms with Gasteiger partial charge in [-0.2, -0.15) is 0 Å². The van der Waals surface area contributed by atoms with Crippen LogP contribution in [0.5, 0.6) is 0 Å². The minimum atomic E-state index is -0.846. The Bertz CT molecular complexity index is 351. The molecule has 0 aliphatic heterocycles. The van der Waals surface area contributed by atoms with Crippen LogP contribution in [-0.4, -0.2) is 35.5 Å². The molecule has 1 unspecified atom stereocenters. The molecule has 0 aromatic carbocycles. The molecular weight excluding hydrogens is 254 g/mol. The van der Waals surface area contributed by atoms with Crippen LogP contribution in [0.1, 0.15) is 53.4 Å². The molecule has 20 heavy (non-hydrogen) atoms. The summed E-state index contributed by atoms with van der Waals surface area (Å²) < 4.78 is 0. The molecule has 0 aromatic heterocycles. The Balaban J connectivity index is 2.48. The summed E-state index contributed by atoms with van der Waals surface area (Å²) in [4.78, 5) is 24.8. The fraction of sp³-hybridized carbons (Fsp3) is 0.875. The number of hydrogen-bond acceptors (Lipinski definition) is 2. The number of nitrogens with zero attached hydrogens (tertiary/aromatic N) is 1. The molecule has 1 rings (SSSR count). The van der Waals surface area contributed by atoms with Crippen molar-refractivity contribution < 1.29 is 14.7 Å². The van der Waals surface area contributed by atoms with E-state index in [1.807, 2.05) is 0 Å². The van der Waals surface area contributed by atoms with E-state index in [0.29, 0.717) is 17.9 Å². The molecule has 1 N–H and O–H groups in total. The van der Waals surface area contributed by atoms with Gasteiger partial charge in [-0.05, 0) is 37.0 Å². The zero-order chi connectivity index (χ0) is 15.5. The third kappa shape index (κ3) is 4.50. The quantitative estimate of drug-likeness (QED) is 0.863. The number of carbonyl (C=O) groups excluding carboxylic acids is 1. The summed E-state index contributed by atoms with van der Waals surface area (Å²) in [7, 11) is 1.72. The first-order valence-corrected chi connectivity index (χ1v) is 7.60. The predicted octanol–water partition coefficient (Wildman–Crippen LogP) is 3.02. The van der Waals surface area contributed by atoms with Crippen LogP contribution in [0.2, 0.25) is 0 Å². The molecule has 116 valence electrons. The standard InChI is InChI=1S/C16H29NO3/c1-11(15(19)20)10-17(5)14(18)12-6-8-13(9-7-12)16(2,3)4/h11-13H,6-10H2,1-5H3,(H,19,20). The minimum absolute atomic E-state index is 0.0830. The Kier molecular flexibility index (Phi) is 5.60. The van der Waals surface area contributed by atoms with Crippen molar-refractivity contribution in [3.63, 3.8) is 0 Å². The number of hydrogen-bond donors (Lipinski definition) is 1. The molecule has 4 nitrogen and oxygen atoms in total. The molecule has 0 heterocycles. The van der Waals surface area contributed by atoms with Gasteiger partial charge in [-0.3, -0.25) is 9.59 Å². The smallest absolute Gasteiger partial charge is 0.308 e. The van der Waals surface area contributed by atoms with Crippen LogP contribution in [0.15, 0.2) is 0 Å². The molecule has 0 spiro atoms. The van der Waals surface area contributed by atoms with E-state index in [0.717, 1.165) is 25.7 Å². The van der Waals surface area contributed by atoms with E-state index in [1.165, 1.54) is 0 Å². The number of carboxylic acids is 1. The van der Waals surface area contributed by atoms with Crippen molar-refractivity contribution in [2.45, 2.75) is 53.4 Å². The SMILES string of the molecule is CC(CN(C)C(=O)C1CCC(C(C)(C)C)CC1)C(=O)O. The molecule has 1 fully saturated rings. The molecule has 1 saturated carbocycles. The van der Waals surface area contributed by atoms with Gasteiger partial charge in [0.15, 0.2) is 0 Å². The van der Waals surface area contributed by atoms with Gasteiger partial charge in [-0.1, -0.05) is 27.7 Å². The molecular formula is C16H29NO3. The zero-order valence-electron chi connectivity index (χ0n) is 13.5. The van der Waals surface area contributed by atoms with Gasteiger partial charge < -0.3 is 10.0 Å².